The second-order valence-corrected chi connectivity index (χ2v) is 6.51. The van der Waals surface area contributed by atoms with Crippen LogP contribution in [-0.4, -0.2) is 18.4 Å². The second kappa shape index (κ2) is 8.26. The topological polar surface area (TPSA) is 58.2 Å². The molecule has 1 aromatic heterocycles. The molecule has 0 radical (unpaired) electrons. The van der Waals surface area contributed by atoms with Gasteiger partial charge in [0, 0.05) is 10.4 Å². The molecule has 5 heteroatoms. The van der Waals surface area contributed by atoms with E-state index < -0.39 is 0 Å². The second-order valence-electron chi connectivity index (χ2n) is 5.48. The standard InChI is InChI=1S/C20H18N2O2S/c23-19(21-13-18-7-4-12-25-18)14-22-20(24)17-10-8-16(9-11-17)15-5-2-1-3-6-15/h1-12H,13-14H2,(H,21,23)(H,22,24). The van der Waals surface area contributed by atoms with Crippen LogP contribution in [0.15, 0.2) is 72.1 Å². The van der Waals surface area contributed by atoms with E-state index in [9.17, 15) is 9.59 Å². The van der Waals surface area contributed by atoms with Crippen LogP contribution in [-0.2, 0) is 11.3 Å². The van der Waals surface area contributed by atoms with E-state index in [4.69, 9.17) is 0 Å². The van der Waals surface area contributed by atoms with Crippen LogP contribution in [0.1, 0.15) is 15.2 Å². The number of carbonyl (C=O) groups is 2. The van der Waals surface area contributed by atoms with Gasteiger partial charge in [-0.05, 0) is 34.7 Å². The van der Waals surface area contributed by atoms with Gasteiger partial charge in [-0.1, -0.05) is 48.5 Å². The first-order valence-corrected chi connectivity index (χ1v) is 8.83. The lowest BCUT2D eigenvalue weighted by Crippen LogP contribution is -2.36. The number of nitrogens with one attached hydrogen (secondary N) is 2. The van der Waals surface area contributed by atoms with E-state index in [0.29, 0.717) is 12.1 Å². The van der Waals surface area contributed by atoms with Gasteiger partial charge in [0.15, 0.2) is 0 Å². The third-order valence-electron chi connectivity index (χ3n) is 3.70. The van der Waals surface area contributed by atoms with Gasteiger partial charge in [-0.3, -0.25) is 9.59 Å². The summed E-state index contributed by atoms with van der Waals surface area (Å²) >= 11 is 1.58. The fourth-order valence-electron chi connectivity index (χ4n) is 2.37. The zero-order valence-corrected chi connectivity index (χ0v) is 14.4. The molecule has 1 heterocycles. The lowest BCUT2D eigenvalue weighted by atomic mass is 10.0. The molecule has 0 saturated carbocycles. The molecular formula is C20H18N2O2S. The molecule has 0 unspecified atom stereocenters. The maximum Gasteiger partial charge on any atom is 0.251 e. The molecule has 0 aliphatic carbocycles. The SMILES string of the molecule is O=C(CNC(=O)c1ccc(-c2ccccc2)cc1)NCc1cccs1. The minimum atomic E-state index is -0.258. The van der Waals surface area contributed by atoms with Crippen molar-refractivity contribution < 1.29 is 9.59 Å². The number of rotatable bonds is 6. The summed E-state index contributed by atoms with van der Waals surface area (Å²) < 4.78 is 0. The van der Waals surface area contributed by atoms with Gasteiger partial charge in [0.2, 0.25) is 5.91 Å². The molecule has 126 valence electrons. The monoisotopic (exact) mass is 350 g/mol. The Morgan fingerprint density at radius 2 is 1.52 bits per heavy atom. The summed E-state index contributed by atoms with van der Waals surface area (Å²) in [7, 11) is 0. The van der Waals surface area contributed by atoms with Crippen molar-refractivity contribution in [2.45, 2.75) is 6.54 Å². The van der Waals surface area contributed by atoms with Gasteiger partial charge in [0.25, 0.3) is 5.91 Å². The number of carbonyl (C=O) groups excluding carboxylic acids is 2. The first kappa shape index (κ1) is 16.9. The van der Waals surface area contributed by atoms with E-state index >= 15 is 0 Å². The summed E-state index contributed by atoms with van der Waals surface area (Å²) in [6.45, 7) is 0.447. The molecule has 0 bridgehead atoms. The highest BCUT2D eigenvalue weighted by Gasteiger charge is 2.08. The molecule has 0 aliphatic rings. The van der Waals surface area contributed by atoms with E-state index in [1.807, 2.05) is 60.0 Å². The maximum absolute atomic E-state index is 12.1. The average molecular weight is 350 g/mol. The van der Waals surface area contributed by atoms with Crippen LogP contribution in [0.5, 0.6) is 0 Å². The fraction of sp³-hybridized carbons (Fsp3) is 0.100. The highest BCUT2D eigenvalue weighted by molar-refractivity contribution is 7.09. The summed E-state index contributed by atoms with van der Waals surface area (Å²) in [6, 6.07) is 21.2. The molecule has 0 fully saturated rings. The Labute approximate surface area is 150 Å². The van der Waals surface area contributed by atoms with Crippen molar-refractivity contribution in [3.8, 4) is 11.1 Å². The summed E-state index contributed by atoms with van der Waals surface area (Å²) in [6.07, 6.45) is 0. The number of amides is 2. The van der Waals surface area contributed by atoms with Gasteiger partial charge in [-0.25, -0.2) is 0 Å². The van der Waals surface area contributed by atoms with Crippen molar-refractivity contribution in [2.24, 2.45) is 0 Å². The van der Waals surface area contributed by atoms with Gasteiger partial charge in [-0.15, -0.1) is 11.3 Å². The van der Waals surface area contributed by atoms with Crippen molar-refractivity contribution in [1.29, 1.82) is 0 Å². The Bertz CT molecular complexity index is 828. The van der Waals surface area contributed by atoms with Crippen LogP contribution in [0, 0.1) is 0 Å². The maximum atomic E-state index is 12.1. The molecular weight excluding hydrogens is 332 g/mol. The Hall–Kier alpha value is -2.92. The van der Waals surface area contributed by atoms with Crippen molar-refractivity contribution in [3.63, 3.8) is 0 Å². The van der Waals surface area contributed by atoms with Gasteiger partial charge in [0.1, 0.15) is 0 Å². The minimum absolute atomic E-state index is 0.0371. The normalized spacial score (nSPS) is 10.2. The first-order chi connectivity index (χ1) is 12.2. The van der Waals surface area contributed by atoms with Crippen molar-refractivity contribution in [1.82, 2.24) is 10.6 Å². The summed E-state index contributed by atoms with van der Waals surface area (Å²) in [4.78, 5) is 25.0. The Morgan fingerprint density at radius 1 is 0.800 bits per heavy atom. The Balaban J connectivity index is 1.50. The largest absolute Gasteiger partial charge is 0.350 e. The lowest BCUT2D eigenvalue weighted by Gasteiger charge is -2.07. The first-order valence-electron chi connectivity index (χ1n) is 7.95. The average Bonchev–Trinajstić information content (AvgIpc) is 3.19. The molecule has 2 aromatic carbocycles. The fourth-order valence-corrected chi connectivity index (χ4v) is 3.01. The molecule has 4 nitrogen and oxygen atoms in total. The molecule has 0 atom stereocenters. The molecule has 2 N–H and O–H groups in total. The van der Waals surface area contributed by atoms with Crippen LogP contribution < -0.4 is 10.6 Å². The number of thiophene rings is 1. The molecule has 3 aromatic rings. The summed E-state index contributed by atoms with van der Waals surface area (Å²) in [5.74, 6) is -0.464. The van der Waals surface area contributed by atoms with Crippen LogP contribution in [0.3, 0.4) is 0 Å². The number of hydrogen-bond donors (Lipinski definition) is 2. The van der Waals surface area contributed by atoms with E-state index in [1.165, 1.54) is 0 Å². The van der Waals surface area contributed by atoms with Gasteiger partial charge in [-0.2, -0.15) is 0 Å². The number of benzene rings is 2. The van der Waals surface area contributed by atoms with E-state index in [2.05, 4.69) is 10.6 Å². The van der Waals surface area contributed by atoms with E-state index in [0.717, 1.165) is 16.0 Å². The van der Waals surface area contributed by atoms with Crippen molar-refractivity contribution in [2.75, 3.05) is 6.54 Å². The quantitative estimate of drug-likeness (QED) is 0.715. The van der Waals surface area contributed by atoms with Crippen LogP contribution >= 0.6 is 11.3 Å². The van der Waals surface area contributed by atoms with Crippen LogP contribution in [0.2, 0.25) is 0 Å². The third kappa shape index (κ3) is 4.78. The predicted molar refractivity (Wildman–Crippen MR) is 100 cm³/mol. The molecule has 25 heavy (non-hydrogen) atoms. The van der Waals surface area contributed by atoms with E-state index in [-0.39, 0.29) is 18.4 Å². The van der Waals surface area contributed by atoms with Crippen molar-refractivity contribution >= 4 is 23.2 Å². The molecule has 0 saturated heterocycles. The number of hydrogen-bond acceptors (Lipinski definition) is 3. The zero-order chi connectivity index (χ0) is 17.5. The molecule has 0 aliphatic heterocycles. The van der Waals surface area contributed by atoms with E-state index in [1.54, 1.807) is 23.5 Å². The van der Waals surface area contributed by atoms with Gasteiger partial charge in [0.05, 0.1) is 13.1 Å². The Kier molecular flexibility index (Phi) is 5.59. The smallest absolute Gasteiger partial charge is 0.251 e. The lowest BCUT2D eigenvalue weighted by molar-refractivity contribution is -0.120. The highest BCUT2D eigenvalue weighted by Crippen LogP contribution is 2.19. The molecule has 2 amide bonds. The predicted octanol–water partition coefficient (Wildman–Crippen LogP) is 3.46. The molecule has 3 rings (SSSR count). The van der Waals surface area contributed by atoms with Gasteiger partial charge >= 0.3 is 0 Å². The molecule has 0 spiro atoms. The minimum Gasteiger partial charge on any atom is -0.350 e. The summed E-state index contributed by atoms with van der Waals surface area (Å²) in [5.41, 5.74) is 2.68. The van der Waals surface area contributed by atoms with Crippen molar-refractivity contribution in [3.05, 3.63) is 82.6 Å². The van der Waals surface area contributed by atoms with Crippen LogP contribution in [0.4, 0.5) is 0 Å². The van der Waals surface area contributed by atoms with Gasteiger partial charge < -0.3 is 10.6 Å². The van der Waals surface area contributed by atoms with Crippen LogP contribution in [0.25, 0.3) is 11.1 Å². The zero-order valence-electron chi connectivity index (χ0n) is 13.6. The third-order valence-corrected chi connectivity index (χ3v) is 4.58. The summed E-state index contributed by atoms with van der Waals surface area (Å²) in [5, 5.41) is 7.38. The Morgan fingerprint density at radius 3 is 2.20 bits per heavy atom. The highest BCUT2D eigenvalue weighted by atomic mass is 32.1.